The van der Waals surface area contributed by atoms with Crippen molar-refractivity contribution in [3.05, 3.63) is 57.9 Å². The van der Waals surface area contributed by atoms with Crippen molar-refractivity contribution < 1.29 is 14.8 Å². The Morgan fingerprint density at radius 3 is 2.67 bits per heavy atom. The molecule has 0 bridgehead atoms. The van der Waals surface area contributed by atoms with Crippen LogP contribution in [0.3, 0.4) is 0 Å². The lowest BCUT2D eigenvalue weighted by molar-refractivity contribution is -0.386. The maximum absolute atomic E-state index is 11.5. The number of H-pyrrole nitrogens is 2. The van der Waals surface area contributed by atoms with Crippen LogP contribution in [-0.4, -0.2) is 26.6 Å². The van der Waals surface area contributed by atoms with Gasteiger partial charge in [0.05, 0.1) is 15.1 Å². The summed E-state index contributed by atoms with van der Waals surface area (Å²) in [6, 6.07) is 3.15. The average molecular weight is 445 g/mol. The first-order valence-electron chi connectivity index (χ1n) is 6.67. The zero-order valence-corrected chi connectivity index (χ0v) is 14.5. The van der Waals surface area contributed by atoms with Gasteiger partial charge in [0.25, 0.3) is 0 Å². The largest absolute Gasteiger partial charge is 0.504 e. The highest BCUT2D eigenvalue weighted by Gasteiger charge is 2.18. The number of nitrogens with one attached hydrogen (secondary N) is 2. The molecule has 9 nitrogen and oxygen atoms in total. The molecule has 0 saturated carbocycles. The summed E-state index contributed by atoms with van der Waals surface area (Å²) in [5.41, 5.74) is -2.35. The number of phenols is 1. The fourth-order valence-electron chi connectivity index (χ4n) is 1.93. The molecule has 0 aliphatic rings. The molecular formula is C14H12IN3O6. The van der Waals surface area contributed by atoms with Crippen molar-refractivity contribution in [2.24, 2.45) is 0 Å². The zero-order valence-electron chi connectivity index (χ0n) is 12.3. The molecule has 1 aromatic heterocycles. The van der Waals surface area contributed by atoms with Crippen LogP contribution in [-0.2, 0) is 0 Å². The van der Waals surface area contributed by atoms with Crippen LogP contribution in [0.2, 0.25) is 0 Å². The van der Waals surface area contributed by atoms with Gasteiger partial charge in [0.15, 0.2) is 11.5 Å². The first-order chi connectivity index (χ1) is 11.3. The number of rotatable bonds is 5. The van der Waals surface area contributed by atoms with E-state index < -0.39 is 21.9 Å². The van der Waals surface area contributed by atoms with Gasteiger partial charge in [-0.2, -0.15) is 0 Å². The van der Waals surface area contributed by atoms with Gasteiger partial charge in [-0.05, 0) is 53.3 Å². The number of benzene rings is 1. The first-order valence-corrected chi connectivity index (χ1v) is 7.75. The molecule has 1 heterocycles. The maximum Gasteiger partial charge on any atom is 0.357 e. The Kier molecular flexibility index (Phi) is 5.39. The predicted molar refractivity (Wildman–Crippen MR) is 95.3 cm³/mol. The van der Waals surface area contributed by atoms with Gasteiger partial charge in [-0.25, -0.2) is 4.79 Å². The molecule has 0 unspecified atom stereocenters. The topological polar surface area (TPSA) is 138 Å². The van der Waals surface area contributed by atoms with E-state index in [1.54, 1.807) is 18.0 Å². The van der Waals surface area contributed by atoms with Gasteiger partial charge < -0.3 is 14.8 Å². The summed E-state index contributed by atoms with van der Waals surface area (Å²) in [6.07, 6.45) is 2.70. The molecule has 1 aromatic carbocycles. The highest BCUT2D eigenvalue weighted by Crippen LogP contribution is 2.33. The van der Waals surface area contributed by atoms with E-state index in [0.29, 0.717) is 15.7 Å². The molecule has 0 spiro atoms. The molecule has 0 atom stereocenters. The summed E-state index contributed by atoms with van der Waals surface area (Å²) < 4.78 is 5.82. The molecule has 2 rings (SSSR count). The van der Waals surface area contributed by atoms with E-state index >= 15 is 0 Å². The minimum absolute atomic E-state index is 0.00913. The van der Waals surface area contributed by atoms with Crippen LogP contribution in [0.4, 0.5) is 5.69 Å². The number of phenolic OH excluding ortho intramolecular Hbond substituents is 1. The summed E-state index contributed by atoms with van der Waals surface area (Å²) in [5.74, 6) is 0.253. The van der Waals surface area contributed by atoms with Gasteiger partial charge in [-0.1, -0.05) is 6.08 Å². The fourth-order valence-corrected chi connectivity index (χ4v) is 2.56. The molecular weight excluding hydrogens is 433 g/mol. The van der Waals surface area contributed by atoms with E-state index in [-0.39, 0.29) is 17.2 Å². The molecule has 10 heteroatoms. The summed E-state index contributed by atoms with van der Waals surface area (Å²) in [4.78, 5) is 37.0. The van der Waals surface area contributed by atoms with Crippen molar-refractivity contribution in [1.29, 1.82) is 0 Å². The van der Waals surface area contributed by atoms with Crippen LogP contribution < -0.4 is 16.0 Å². The number of aromatic nitrogens is 2. The number of nitrogens with zero attached hydrogens (tertiary/aromatic N) is 1. The normalized spacial score (nSPS) is 10.9. The van der Waals surface area contributed by atoms with Crippen molar-refractivity contribution in [2.45, 2.75) is 6.92 Å². The number of ether oxygens (including phenoxy) is 1. The smallest absolute Gasteiger partial charge is 0.357 e. The van der Waals surface area contributed by atoms with Crippen molar-refractivity contribution in [2.75, 3.05) is 6.61 Å². The predicted octanol–water partition coefficient (Wildman–Crippen LogP) is 1.85. The average Bonchev–Trinajstić information content (AvgIpc) is 2.49. The lowest BCUT2D eigenvalue weighted by atomic mass is 10.1. The van der Waals surface area contributed by atoms with Crippen molar-refractivity contribution in [3.8, 4) is 11.5 Å². The third kappa shape index (κ3) is 3.82. The standard InChI is InChI=1S/C14H12IN3O6/c1-2-24-10-6-7(5-8(15)12(10)19)3-4-9-11(18(22)23)13(20)17-14(21)16-9/h3-6,19H,2H2,1H3,(H2,16,17,20,21)/b4-3-. The molecule has 3 N–H and O–H groups in total. The molecule has 0 radical (unpaired) electrons. The Balaban J connectivity index is 2.51. The van der Waals surface area contributed by atoms with Crippen LogP contribution in [0.25, 0.3) is 12.2 Å². The van der Waals surface area contributed by atoms with Gasteiger partial charge in [-0.3, -0.25) is 19.9 Å². The lowest BCUT2D eigenvalue weighted by Gasteiger charge is -2.08. The minimum atomic E-state index is -1.08. The molecule has 24 heavy (non-hydrogen) atoms. The van der Waals surface area contributed by atoms with Gasteiger partial charge in [0, 0.05) is 0 Å². The van der Waals surface area contributed by atoms with Crippen molar-refractivity contribution in [1.82, 2.24) is 9.97 Å². The summed E-state index contributed by atoms with van der Waals surface area (Å²) in [5, 5.41) is 20.9. The molecule has 2 aromatic rings. The van der Waals surface area contributed by atoms with Gasteiger partial charge >= 0.3 is 16.9 Å². The second-order valence-corrected chi connectivity index (χ2v) is 5.71. The Morgan fingerprint density at radius 2 is 2.04 bits per heavy atom. The van der Waals surface area contributed by atoms with E-state index in [2.05, 4.69) is 4.98 Å². The monoisotopic (exact) mass is 445 g/mol. The van der Waals surface area contributed by atoms with E-state index in [1.807, 2.05) is 22.6 Å². The summed E-state index contributed by atoms with van der Waals surface area (Å²) in [6.45, 7) is 2.11. The SMILES string of the molecule is CCOc1cc(/C=C\c2[nH]c(=O)[nH]c(=O)c2[N+](=O)[O-])cc(I)c1O. The van der Waals surface area contributed by atoms with E-state index in [1.165, 1.54) is 18.2 Å². The van der Waals surface area contributed by atoms with Crippen molar-refractivity contribution >= 4 is 40.4 Å². The molecule has 0 saturated heterocycles. The van der Waals surface area contributed by atoms with Crippen LogP contribution >= 0.6 is 22.6 Å². The van der Waals surface area contributed by atoms with Crippen LogP contribution in [0, 0.1) is 13.7 Å². The van der Waals surface area contributed by atoms with E-state index in [4.69, 9.17) is 4.74 Å². The number of nitro groups is 1. The fraction of sp³-hybridized carbons (Fsp3) is 0.143. The molecule has 0 amide bonds. The maximum atomic E-state index is 11.5. The van der Waals surface area contributed by atoms with Crippen LogP contribution in [0.5, 0.6) is 11.5 Å². The Bertz CT molecular complexity index is 931. The van der Waals surface area contributed by atoms with E-state index in [9.17, 15) is 24.8 Å². The number of hydrogen-bond acceptors (Lipinski definition) is 6. The summed E-state index contributed by atoms with van der Waals surface area (Å²) in [7, 11) is 0. The number of halogens is 1. The zero-order chi connectivity index (χ0) is 17.9. The Labute approximate surface area is 148 Å². The summed E-state index contributed by atoms with van der Waals surface area (Å²) >= 11 is 1.91. The number of aromatic amines is 2. The molecule has 0 fully saturated rings. The quantitative estimate of drug-likeness (QED) is 0.365. The third-order valence-corrected chi connectivity index (χ3v) is 3.74. The van der Waals surface area contributed by atoms with Crippen LogP contribution in [0.1, 0.15) is 18.2 Å². The molecule has 0 aliphatic heterocycles. The second-order valence-electron chi connectivity index (χ2n) is 4.54. The third-order valence-electron chi connectivity index (χ3n) is 2.92. The van der Waals surface area contributed by atoms with Gasteiger partial charge in [0.1, 0.15) is 5.69 Å². The highest BCUT2D eigenvalue weighted by atomic mass is 127. The number of hydrogen-bond donors (Lipinski definition) is 3. The Morgan fingerprint density at radius 1 is 1.33 bits per heavy atom. The van der Waals surface area contributed by atoms with Gasteiger partial charge in [-0.15, -0.1) is 0 Å². The van der Waals surface area contributed by atoms with E-state index in [0.717, 1.165) is 0 Å². The van der Waals surface area contributed by atoms with Crippen molar-refractivity contribution in [3.63, 3.8) is 0 Å². The molecule has 0 aliphatic carbocycles. The second kappa shape index (κ2) is 7.29. The minimum Gasteiger partial charge on any atom is -0.504 e. The highest BCUT2D eigenvalue weighted by molar-refractivity contribution is 14.1. The van der Waals surface area contributed by atoms with Gasteiger partial charge in [0.2, 0.25) is 0 Å². The lowest BCUT2D eigenvalue weighted by Crippen LogP contribution is -2.25. The number of aromatic hydroxyl groups is 1. The Hall–Kier alpha value is -2.63. The van der Waals surface area contributed by atoms with Crippen LogP contribution in [0.15, 0.2) is 21.7 Å². The first kappa shape index (κ1) is 17.7. The molecule has 126 valence electrons.